The van der Waals surface area contributed by atoms with E-state index < -0.39 is 22.2 Å². The van der Waals surface area contributed by atoms with Crippen molar-refractivity contribution in [1.29, 1.82) is 0 Å². The van der Waals surface area contributed by atoms with Gasteiger partial charge in [0.05, 0.1) is 38.3 Å². The molecule has 3 aromatic carbocycles. The number of sulfonamides is 1. The Morgan fingerprint density at radius 1 is 1.00 bits per heavy atom. The lowest BCUT2D eigenvalue weighted by Crippen LogP contribution is -2.35. The number of anilines is 2. The van der Waals surface area contributed by atoms with Crippen molar-refractivity contribution in [3.8, 4) is 17.2 Å². The summed E-state index contributed by atoms with van der Waals surface area (Å²) in [6, 6.07) is 16.8. The van der Waals surface area contributed by atoms with E-state index in [0.717, 1.165) is 16.1 Å². The number of nitrogens with zero attached hydrogens (tertiary/aromatic N) is 1. The molecule has 0 aliphatic carbocycles. The summed E-state index contributed by atoms with van der Waals surface area (Å²) in [4.78, 5) is 0. The van der Waals surface area contributed by atoms with Crippen LogP contribution in [0.25, 0.3) is 0 Å². The van der Waals surface area contributed by atoms with Crippen LogP contribution in [-0.2, 0) is 16.4 Å². The third-order valence-electron chi connectivity index (χ3n) is 5.59. The SMILES string of the molecule is COc1ccc(C(Cc2ccccc2)N(c2ccc(N)c(C(C)O)c2O)S(C)(=O)=O)cc1OC. The Balaban J connectivity index is 2.28. The number of aliphatic hydroxyl groups is 1. The van der Waals surface area contributed by atoms with Crippen LogP contribution in [0.15, 0.2) is 60.7 Å². The number of aromatic hydroxyl groups is 1. The number of hydrogen-bond acceptors (Lipinski definition) is 7. The van der Waals surface area contributed by atoms with E-state index in [0.29, 0.717) is 23.5 Å². The van der Waals surface area contributed by atoms with Crippen LogP contribution in [0.5, 0.6) is 17.2 Å². The van der Waals surface area contributed by atoms with Crippen molar-refractivity contribution in [3.63, 3.8) is 0 Å². The molecule has 2 unspecified atom stereocenters. The Morgan fingerprint density at radius 2 is 1.65 bits per heavy atom. The topological polar surface area (TPSA) is 122 Å². The Kier molecular flexibility index (Phi) is 7.58. The van der Waals surface area contributed by atoms with Gasteiger partial charge < -0.3 is 25.4 Å². The molecule has 9 heteroatoms. The van der Waals surface area contributed by atoms with Crippen LogP contribution in [-0.4, -0.2) is 39.1 Å². The fraction of sp³-hybridized carbons (Fsp3) is 0.280. The van der Waals surface area contributed by atoms with Crippen molar-refractivity contribution in [1.82, 2.24) is 0 Å². The minimum absolute atomic E-state index is 0.0170. The molecule has 0 aliphatic heterocycles. The first-order valence-electron chi connectivity index (χ1n) is 10.6. The lowest BCUT2D eigenvalue weighted by atomic mass is 9.97. The number of hydrogen-bond donors (Lipinski definition) is 3. The zero-order valence-electron chi connectivity index (χ0n) is 19.6. The molecular formula is C25H30N2O6S. The first-order valence-corrected chi connectivity index (χ1v) is 12.5. The number of ether oxygens (including phenoxy) is 2. The van der Waals surface area contributed by atoms with Gasteiger partial charge in [0.15, 0.2) is 11.5 Å². The number of benzene rings is 3. The molecule has 0 radical (unpaired) electrons. The average Bonchev–Trinajstić information content (AvgIpc) is 2.79. The van der Waals surface area contributed by atoms with E-state index in [4.69, 9.17) is 15.2 Å². The third-order valence-corrected chi connectivity index (χ3v) is 6.76. The summed E-state index contributed by atoms with van der Waals surface area (Å²) in [5.41, 5.74) is 7.73. The summed E-state index contributed by atoms with van der Waals surface area (Å²) < 4.78 is 38.3. The highest BCUT2D eigenvalue weighted by molar-refractivity contribution is 7.92. The molecule has 0 bridgehead atoms. The van der Waals surface area contributed by atoms with Crippen molar-refractivity contribution in [2.75, 3.05) is 30.5 Å². The van der Waals surface area contributed by atoms with Crippen molar-refractivity contribution in [3.05, 3.63) is 77.4 Å². The summed E-state index contributed by atoms with van der Waals surface area (Å²) in [7, 11) is -0.897. The van der Waals surface area contributed by atoms with E-state index in [1.165, 1.54) is 33.3 Å². The Hall–Kier alpha value is -3.43. The molecule has 2 atom stereocenters. The van der Waals surface area contributed by atoms with Gasteiger partial charge >= 0.3 is 0 Å². The summed E-state index contributed by atoms with van der Waals surface area (Å²) >= 11 is 0. The average molecular weight is 487 g/mol. The molecular weight excluding hydrogens is 456 g/mol. The van der Waals surface area contributed by atoms with Crippen LogP contribution < -0.4 is 19.5 Å². The normalized spacial score (nSPS) is 13.2. The summed E-state index contributed by atoms with van der Waals surface area (Å²) in [6.07, 6.45) is 0.274. The molecule has 0 saturated heterocycles. The Morgan fingerprint density at radius 3 is 2.21 bits per heavy atom. The zero-order chi connectivity index (χ0) is 25.0. The van der Waals surface area contributed by atoms with Crippen molar-refractivity contribution in [2.45, 2.75) is 25.5 Å². The van der Waals surface area contributed by atoms with Gasteiger partial charge in [-0.2, -0.15) is 0 Å². The smallest absolute Gasteiger partial charge is 0.232 e. The summed E-state index contributed by atoms with van der Waals surface area (Å²) in [6.45, 7) is 1.45. The Labute approximate surface area is 200 Å². The lowest BCUT2D eigenvalue weighted by molar-refractivity contribution is 0.196. The molecule has 3 aromatic rings. The molecule has 0 heterocycles. The predicted octanol–water partition coefficient (Wildman–Crippen LogP) is 3.79. The van der Waals surface area contributed by atoms with E-state index in [9.17, 15) is 18.6 Å². The maximum absolute atomic E-state index is 13.2. The number of phenolic OH excluding ortho intramolecular Hbond substituents is 1. The van der Waals surface area contributed by atoms with Gasteiger partial charge in [-0.1, -0.05) is 36.4 Å². The fourth-order valence-electron chi connectivity index (χ4n) is 4.04. The van der Waals surface area contributed by atoms with Gasteiger partial charge in [0.1, 0.15) is 5.75 Å². The molecule has 4 N–H and O–H groups in total. The molecule has 0 fully saturated rings. The summed E-state index contributed by atoms with van der Waals surface area (Å²) in [5, 5.41) is 21.2. The highest BCUT2D eigenvalue weighted by Gasteiger charge is 2.33. The predicted molar refractivity (Wildman–Crippen MR) is 133 cm³/mol. The fourth-order valence-corrected chi connectivity index (χ4v) is 5.20. The number of phenols is 1. The van der Waals surface area contributed by atoms with E-state index in [-0.39, 0.29) is 22.7 Å². The molecule has 0 amide bonds. The minimum Gasteiger partial charge on any atom is -0.505 e. The van der Waals surface area contributed by atoms with Crippen LogP contribution >= 0.6 is 0 Å². The first kappa shape index (κ1) is 25.2. The second-order valence-electron chi connectivity index (χ2n) is 7.99. The molecule has 0 spiro atoms. The maximum atomic E-state index is 13.2. The molecule has 3 rings (SSSR count). The largest absolute Gasteiger partial charge is 0.505 e. The van der Waals surface area contributed by atoms with Crippen molar-refractivity contribution >= 4 is 21.4 Å². The van der Waals surface area contributed by atoms with E-state index in [1.54, 1.807) is 18.2 Å². The highest BCUT2D eigenvalue weighted by atomic mass is 32.2. The molecule has 0 aromatic heterocycles. The number of methoxy groups -OCH3 is 2. The van der Waals surface area contributed by atoms with Gasteiger partial charge in [-0.25, -0.2) is 8.42 Å². The third kappa shape index (κ3) is 5.21. The number of aliphatic hydroxyl groups excluding tert-OH is 1. The second kappa shape index (κ2) is 10.2. The molecule has 182 valence electrons. The van der Waals surface area contributed by atoms with Crippen molar-refractivity contribution < 1.29 is 28.1 Å². The van der Waals surface area contributed by atoms with Crippen LogP contribution in [0.1, 0.15) is 35.8 Å². The van der Waals surface area contributed by atoms with Crippen LogP contribution in [0.2, 0.25) is 0 Å². The van der Waals surface area contributed by atoms with Gasteiger partial charge in [0.2, 0.25) is 10.0 Å². The molecule has 8 nitrogen and oxygen atoms in total. The first-order chi connectivity index (χ1) is 16.1. The van der Waals surface area contributed by atoms with Gasteiger partial charge in [-0.3, -0.25) is 4.31 Å². The van der Waals surface area contributed by atoms with E-state index in [2.05, 4.69) is 0 Å². The van der Waals surface area contributed by atoms with Gasteiger partial charge in [0, 0.05) is 11.3 Å². The second-order valence-corrected chi connectivity index (χ2v) is 9.85. The highest BCUT2D eigenvalue weighted by Crippen LogP contribution is 2.44. The number of nitrogens with two attached hydrogens (primary N) is 1. The standard InChI is InChI=1S/C25H30N2O6S/c1-16(28)24-19(26)11-12-20(25(24)29)27(34(4,30)31)21(14-17-8-6-5-7-9-17)18-10-13-22(32-2)23(15-18)33-3/h5-13,15-16,21,28-29H,14,26H2,1-4H3. The number of nitrogen functional groups attached to an aromatic ring is 1. The minimum atomic E-state index is -3.92. The lowest BCUT2D eigenvalue weighted by Gasteiger charge is -2.33. The summed E-state index contributed by atoms with van der Waals surface area (Å²) in [5.74, 6) is 0.555. The van der Waals surface area contributed by atoms with Gasteiger partial charge in [-0.15, -0.1) is 0 Å². The Bertz CT molecular complexity index is 1250. The van der Waals surface area contributed by atoms with E-state index >= 15 is 0 Å². The molecule has 0 aliphatic rings. The van der Waals surface area contributed by atoms with Crippen LogP contribution in [0.4, 0.5) is 11.4 Å². The quantitative estimate of drug-likeness (QED) is 0.393. The van der Waals surface area contributed by atoms with Crippen LogP contribution in [0, 0.1) is 0 Å². The van der Waals surface area contributed by atoms with Gasteiger partial charge in [0.25, 0.3) is 0 Å². The zero-order valence-corrected chi connectivity index (χ0v) is 20.4. The van der Waals surface area contributed by atoms with E-state index in [1.807, 2.05) is 30.3 Å². The number of rotatable bonds is 9. The molecule has 34 heavy (non-hydrogen) atoms. The van der Waals surface area contributed by atoms with Crippen LogP contribution in [0.3, 0.4) is 0 Å². The maximum Gasteiger partial charge on any atom is 0.232 e. The monoisotopic (exact) mass is 486 g/mol. The molecule has 0 saturated carbocycles. The van der Waals surface area contributed by atoms with Gasteiger partial charge in [-0.05, 0) is 48.7 Å². The van der Waals surface area contributed by atoms with Crippen molar-refractivity contribution in [2.24, 2.45) is 0 Å².